The molecule has 1 saturated carbocycles. The van der Waals surface area contributed by atoms with Crippen molar-refractivity contribution in [3.63, 3.8) is 0 Å². The van der Waals surface area contributed by atoms with Gasteiger partial charge in [0.15, 0.2) is 0 Å². The van der Waals surface area contributed by atoms with Gasteiger partial charge in [-0.25, -0.2) is 4.79 Å². The quantitative estimate of drug-likeness (QED) is 0.834. The van der Waals surface area contributed by atoms with E-state index in [1.165, 1.54) is 31.7 Å². The van der Waals surface area contributed by atoms with Crippen molar-refractivity contribution >= 4 is 28.9 Å². The number of carbonyl (C=O) groups is 1. The molecule has 1 aliphatic carbocycles. The van der Waals surface area contributed by atoms with Gasteiger partial charge in [0.2, 0.25) is 0 Å². The first-order valence-electron chi connectivity index (χ1n) is 7.67. The van der Waals surface area contributed by atoms with Crippen LogP contribution in [0.15, 0.2) is 12.1 Å². The number of halogens is 1. The largest absolute Gasteiger partial charge is 0.478 e. The molecule has 21 heavy (non-hydrogen) atoms. The zero-order chi connectivity index (χ0) is 15.0. The highest BCUT2D eigenvalue weighted by molar-refractivity contribution is 6.34. The molecule has 2 fully saturated rings. The van der Waals surface area contributed by atoms with Crippen LogP contribution >= 0.6 is 11.6 Å². The molecule has 0 aromatic heterocycles. The maximum Gasteiger partial charge on any atom is 0.337 e. The monoisotopic (exact) mass is 308 g/mol. The van der Waals surface area contributed by atoms with Crippen molar-refractivity contribution in [2.24, 2.45) is 5.92 Å². The Hall–Kier alpha value is -1.42. The first-order chi connectivity index (χ1) is 10.1. The van der Waals surface area contributed by atoms with Gasteiger partial charge >= 0.3 is 5.97 Å². The Morgan fingerprint density at radius 3 is 2.62 bits per heavy atom. The number of nitrogens with zero attached hydrogens (tertiary/aromatic N) is 1. The number of rotatable bonds is 3. The number of hydrogen-bond acceptors (Lipinski definition) is 3. The summed E-state index contributed by atoms with van der Waals surface area (Å²) in [6.45, 7) is 0.880. The third-order valence-electron chi connectivity index (χ3n) is 4.85. The third-order valence-corrected chi connectivity index (χ3v) is 5.13. The summed E-state index contributed by atoms with van der Waals surface area (Å²) in [5.41, 5.74) is 7.04. The summed E-state index contributed by atoms with van der Waals surface area (Å²) in [5.74, 6) is -0.293. The molecule has 2 aliphatic rings. The molecule has 1 saturated heterocycles. The molecule has 3 N–H and O–H groups in total. The highest BCUT2D eigenvalue weighted by Gasteiger charge is 2.36. The molecule has 0 spiro atoms. The minimum absolute atomic E-state index is 0.227. The van der Waals surface area contributed by atoms with Crippen molar-refractivity contribution in [1.82, 2.24) is 0 Å². The Bertz CT molecular complexity index is 555. The lowest BCUT2D eigenvalue weighted by Crippen LogP contribution is -2.35. The van der Waals surface area contributed by atoms with Gasteiger partial charge in [-0.05, 0) is 43.7 Å². The Morgan fingerprint density at radius 1 is 1.24 bits per heavy atom. The van der Waals surface area contributed by atoms with E-state index >= 15 is 0 Å². The van der Waals surface area contributed by atoms with E-state index in [2.05, 4.69) is 4.90 Å². The molecule has 1 unspecified atom stereocenters. The molecule has 1 heterocycles. The van der Waals surface area contributed by atoms with Gasteiger partial charge in [-0.1, -0.05) is 24.4 Å². The highest BCUT2D eigenvalue weighted by atomic mass is 35.5. The Kier molecular flexibility index (Phi) is 3.98. The molecule has 3 rings (SSSR count). The fourth-order valence-corrected chi connectivity index (χ4v) is 4.31. The van der Waals surface area contributed by atoms with E-state index in [0.29, 0.717) is 28.4 Å². The van der Waals surface area contributed by atoms with Crippen LogP contribution in [0.2, 0.25) is 5.02 Å². The number of nitrogen functional groups attached to an aromatic ring is 1. The lowest BCUT2D eigenvalue weighted by atomic mass is 9.95. The van der Waals surface area contributed by atoms with Crippen LogP contribution in [0.3, 0.4) is 0 Å². The predicted octanol–water partition coefficient (Wildman–Crippen LogP) is 3.78. The average Bonchev–Trinajstić information content (AvgIpc) is 3.07. The van der Waals surface area contributed by atoms with Crippen LogP contribution in [-0.2, 0) is 0 Å². The van der Waals surface area contributed by atoms with Gasteiger partial charge in [0, 0.05) is 18.3 Å². The van der Waals surface area contributed by atoms with Crippen molar-refractivity contribution < 1.29 is 9.90 Å². The normalized spacial score (nSPS) is 22.9. The summed E-state index contributed by atoms with van der Waals surface area (Å²) in [5, 5.41) is 9.94. The molecule has 1 aromatic carbocycles. The number of aromatic carboxylic acids is 1. The zero-order valence-electron chi connectivity index (χ0n) is 12.0. The van der Waals surface area contributed by atoms with Crippen LogP contribution in [0, 0.1) is 5.92 Å². The highest BCUT2D eigenvalue weighted by Crippen LogP contribution is 2.42. The number of carboxylic acid groups (broad SMARTS) is 1. The average molecular weight is 309 g/mol. The van der Waals surface area contributed by atoms with Crippen molar-refractivity contribution in [1.29, 1.82) is 0 Å². The second kappa shape index (κ2) is 5.76. The molecule has 0 amide bonds. The molecule has 114 valence electrons. The van der Waals surface area contributed by atoms with Gasteiger partial charge in [-0.15, -0.1) is 0 Å². The molecular formula is C16H21ClN2O2. The van der Waals surface area contributed by atoms with E-state index < -0.39 is 5.97 Å². The fourth-order valence-electron chi connectivity index (χ4n) is 3.98. The molecule has 1 atom stereocenters. The van der Waals surface area contributed by atoms with Crippen molar-refractivity contribution in [2.45, 2.75) is 44.6 Å². The van der Waals surface area contributed by atoms with Crippen molar-refractivity contribution in [3.05, 3.63) is 22.7 Å². The number of benzene rings is 1. The smallest absolute Gasteiger partial charge is 0.337 e. The first kappa shape index (κ1) is 14.5. The van der Waals surface area contributed by atoms with E-state index in [1.807, 2.05) is 0 Å². The van der Waals surface area contributed by atoms with Gasteiger partial charge in [0.05, 0.1) is 16.3 Å². The van der Waals surface area contributed by atoms with Crippen molar-refractivity contribution in [2.75, 3.05) is 17.2 Å². The van der Waals surface area contributed by atoms with Crippen LogP contribution in [0.1, 0.15) is 48.9 Å². The summed E-state index contributed by atoms with van der Waals surface area (Å²) in [4.78, 5) is 13.8. The SMILES string of the molecule is Nc1cc(Cl)c(N2CCCC2C2CCCC2)c(C(=O)O)c1. The van der Waals surface area contributed by atoms with Gasteiger partial charge in [-0.2, -0.15) is 0 Å². The molecular weight excluding hydrogens is 288 g/mol. The third kappa shape index (κ3) is 2.69. The Morgan fingerprint density at radius 2 is 1.95 bits per heavy atom. The van der Waals surface area contributed by atoms with Crippen LogP contribution in [0.4, 0.5) is 11.4 Å². The maximum atomic E-state index is 11.6. The molecule has 0 bridgehead atoms. The van der Waals surface area contributed by atoms with Gasteiger partial charge in [-0.3, -0.25) is 0 Å². The lowest BCUT2D eigenvalue weighted by molar-refractivity contribution is 0.0697. The predicted molar refractivity (Wildman–Crippen MR) is 85.1 cm³/mol. The zero-order valence-corrected chi connectivity index (χ0v) is 12.8. The minimum atomic E-state index is -0.962. The number of nitrogens with two attached hydrogens (primary N) is 1. The minimum Gasteiger partial charge on any atom is -0.478 e. The topological polar surface area (TPSA) is 66.6 Å². The van der Waals surface area contributed by atoms with E-state index in [4.69, 9.17) is 17.3 Å². The van der Waals surface area contributed by atoms with Crippen LogP contribution in [0.5, 0.6) is 0 Å². The second-order valence-corrected chi connectivity index (χ2v) is 6.56. The maximum absolute atomic E-state index is 11.6. The van der Waals surface area contributed by atoms with Crippen LogP contribution < -0.4 is 10.6 Å². The van der Waals surface area contributed by atoms with E-state index in [9.17, 15) is 9.90 Å². The van der Waals surface area contributed by atoms with E-state index in [-0.39, 0.29) is 5.56 Å². The van der Waals surface area contributed by atoms with Crippen molar-refractivity contribution in [3.8, 4) is 0 Å². The Balaban J connectivity index is 2.00. The summed E-state index contributed by atoms with van der Waals surface area (Å²) in [7, 11) is 0. The molecule has 5 heteroatoms. The standard InChI is InChI=1S/C16H21ClN2O2/c17-13-9-11(18)8-12(16(20)21)15(13)19-7-3-6-14(19)10-4-1-2-5-10/h8-10,14H,1-7,18H2,(H,20,21). The molecule has 0 radical (unpaired) electrons. The Labute approximate surface area is 129 Å². The van der Waals surface area contributed by atoms with E-state index in [1.54, 1.807) is 6.07 Å². The second-order valence-electron chi connectivity index (χ2n) is 6.15. The molecule has 4 nitrogen and oxygen atoms in total. The van der Waals surface area contributed by atoms with Gasteiger partial charge in [0.25, 0.3) is 0 Å². The number of hydrogen-bond donors (Lipinski definition) is 2. The van der Waals surface area contributed by atoms with Gasteiger partial charge in [0.1, 0.15) is 0 Å². The van der Waals surface area contributed by atoms with E-state index in [0.717, 1.165) is 19.4 Å². The number of carboxylic acids is 1. The molecule has 1 aliphatic heterocycles. The van der Waals surface area contributed by atoms with Gasteiger partial charge < -0.3 is 15.7 Å². The summed E-state index contributed by atoms with van der Waals surface area (Å²) >= 11 is 6.35. The molecule has 1 aromatic rings. The summed E-state index contributed by atoms with van der Waals surface area (Å²) in [6, 6.07) is 3.60. The lowest BCUT2D eigenvalue weighted by Gasteiger charge is -2.33. The summed E-state index contributed by atoms with van der Waals surface area (Å²) < 4.78 is 0. The number of anilines is 2. The fraction of sp³-hybridized carbons (Fsp3) is 0.562. The summed E-state index contributed by atoms with van der Waals surface area (Å²) in [6.07, 6.45) is 7.30. The van der Waals surface area contributed by atoms with Crippen LogP contribution in [-0.4, -0.2) is 23.7 Å². The van der Waals surface area contributed by atoms with Crippen LogP contribution in [0.25, 0.3) is 0 Å². The first-order valence-corrected chi connectivity index (χ1v) is 8.04.